The van der Waals surface area contributed by atoms with Crippen molar-refractivity contribution in [3.05, 3.63) is 17.6 Å². The Bertz CT molecular complexity index is 434. The number of ether oxygens (including phenoxy) is 1. The van der Waals surface area contributed by atoms with Crippen molar-refractivity contribution in [1.82, 2.24) is 9.97 Å². The van der Waals surface area contributed by atoms with Crippen LogP contribution >= 0.6 is 0 Å². The summed E-state index contributed by atoms with van der Waals surface area (Å²) in [7, 11) is 1.46. The molecule has 1 heterocycles. The number of aromatic nitrogens is 2. The van der Waals surface area contributed by atoms with Crippen LogP contribution in [0.2, 0.25) is 0 Å². The molecule has 1 fully saturated rings. The topological polar surface area (TPSA) is 64.1 Å². The highest BCUT2D eigenvalue weighted by molar-refractivity contribution is 5.72. The zero-order chi connectivity index (χ0) is 13.8. The number of nitrogens with one attached hydrogen (secondary N) is 1. The number of rotatable bonds is 3. The number of aryl methyl sites for hydroxylation is 2. The van der Waals surface area contributed by atoms with Gasteiger partial charge in [-0.15, -0.1) is 0 Å². The van der Waals surface area contributed by atoms with Crippen molar-refractivity contribution in [1.29, 1.82) is 0 Å². The highest BCUT2D eigenvalue weighted by atomic mass is 16.5. The maximum absolute atomic E-state index is 11.5. The third-order valence-corrected chi connectivity index (χ3v) is 3.58. The molecular formula is C14H21N3O2. The van der Waals surface area contributed by atoms with Crippen LogP contribution < -0.4 is 5.32 Å². The van der Waals surface area contributed by atoms with Gasteiger partial charge in [0.15, 0.2) is 0 Å². The van der Waals surface area contributed by atoms with Gasteiger partial charge in [0.05, 0.1) is 13.0 Å². The van der Waals surface area contributed by atoms with Crippen LogP contribution in [0.3, 0.4) is 0 Å². The average Bonchev–Trinajstić information content (AvgIpc) is 2.37. The van der Waals surface area contributed by atoms with Crippen LogP contribution in [-0.2, 0) is 9.53 Å². The minimum Gasteiger partial charge on any atom is -0.469 e. The van der Waals surface area contributed by atoms with Crippen molar-refractivity contribution in [3.63, 3.8) is 0 Å². The number of carbonyl (C=O) groups excluding carboxylic acids is 1. The molecule has 0 amide bonds. The normalized spacial score (nSPS) is 22.9. The molecule has 104 valence electrons. The first kappa shape index (κ1) is 13.8. The van der Waals surface area contributed by atoms with E-state index in [9.17, 15) is 4.79 Å². The molecule has 5 heteroatoms. The summed E-state index contributed by atoms with van der Waals surface area (Å²) in [6, 6.07) is 2.34. The first-order chi connectivity index (χ1) is 9.08. The fourth-order valence-electron chi connectivity index (χ4n) is 2.64. The van der Waals surface area contributed by atoms with Gasteiger partial charge in [0, 0.05) is 17.8 Å². The number of anilines is 1. The molecule has 1 aromatic rings. The summed E-state index contributed by atoms with van der Waals surface area (Å²) in [5.74, 6) is 1.65. The second-order valence-corrected chi connectivity index (χ2v) is 5.16. The van der Waals surface area contributed by atoms with E-state index >= 15 is 0 Å². The van der Waals surface area contributed by atoms with Gasteiger partial charge in [-0.25, -0.2) is 9.97 Å². The number of hydrogen-bond acceptors (Lipinski definition) is 5. The Balaban J connectivity index is 1.90. The van der Waals surface area contributed by atoms with Crippen molar-refractivity contribution in [3.8, 4) is 0 Å². The fourth-order valence-corrected chi connectivity index (χ4v) is 2.64. The molecule has 1 aliphatic rings. The molecule has 19 heavy (non-hydrogen) atoms. The molecule has 1 aliphatic carbocycles. The number of carbonyl (C=O) groups is 1. The van der Waals surface area contributed by atoms with E-state index in [1.807, 2.05) is 19.9 Å². The average molecular weight is 263 g/mol. The Morgan fingerprint density at radius 3 is 2.53 bits per heavy atom. The van der Waals surface area contributed by atoms with Crippen LogP contribution in [0.5, 0.6) is 0 Å². The lowest BCUT2D eigenvalue weighted by Gasteiger charge is -2.28. The molecule has 0 radical (unpaired) electrons. The molecule has 0 unspecified atom stereocenters. The van der Waals surface area contributed by atoms with Gasteiger partial charge in [-0.1, -0.05) is 0 Å². The zero-order valence-corrected chi connectivity index (χ0v) is 11.8. The van der Waals surface area contributed by atoms with E-state index in [-0.39, 0.29) is 11.9 Å². The van der Waals surface area contributed by atoms with E-state index < -0.39 is 0 Å². The fraction of sp³-hybridized carbons (Fsp3) is 0.643. The second-order valence-electron chi connectivity index (χ2n) is 5.16. The second kappa shape index (κ2) is 5.99. The molecule has 1 aromatic heterocycles. The van der Waals surface area contributed by atoms with Gasteiger partial charge in [0.25, 0.3) is 0 Å². The Labute approximate surface area is 113 Å². The number of methoxy groups -OCH3 is 1. The third kappa shape index (κ3) is 3.66. The van der Waals surface area contributed by atoms with Crippen LogP contribution in [0, 0.1) is 19.8 Å². The van der Waals surface area contributed by atoms with Gasteiger partial charge in [0.1, 0.15) is 11.6 Å². The zero-order valence-electron chi connectivity index (χ0n) is 11.8. The summed E-state index contributed by atoms with van der Waals surface area (Å²) in [4.78, 5) is 20.1. The van der Waals surface area contributed by atoms with Crippen LogP contribution in [0.15, 0.2) is 6.07 Å². The third-order valence-electron chi connectivity index (χ3n) is 3.58. The summed E-state index contributed by atoms with van der Waals surface area (Å²) >= 11 is 0. The molecule has 5 nitrogen and oxygen atoms in total. The summed E-state index contributed by atoms with van der Waals surface area (Å²) in [5, 5.41) is 3.44. The van der Waals surface area contributed by atoms with E-state index in [2.05, 4.69) is 15.3 Å². The maximum atomic E-state index is 11.5. The highest BCUT2D eigenvalue weighted by Crippen LogP contribution is 2.27. The molecule has 0 atom stereocenters. The molecule has 0 spiro atoms. The molecule has 0 bridgehead atoms. The molecule has 0 aliphatic heterocycles. The van der Waals surface area contributed by atoms with Gasteiger partial charge < -0.3 is 10.1 Å². The maximum Gasteiger partial charge on any atom is 0.308 e. The van der Waals surface area contributed by atoms with Gasteiger partial charge in [-0.3, -0.25) is 4.79 Å². The molecule has 0 saturated heterocycles. The van der Waals surface area contributed by atoms with Gasteiger partial charge >= 0.3 is 5.97 Å². The lowest BCUT2D eigenvalue weighted by molar-refractivity contribution is -0.146. The summed E-state index contributed by atoms with van der Waals surface area (Å²) in [5.41, 5.74) is 0.971. The summed E-state index contributed by atoms with van der Waals surface area (Å²) < 4.78 is 4.79. The summed E-state index contributed by atoms with van der Waals surface area (Å²) in [6.45, 7) is 3.86. The monoisotopic (exact) mass is 263 g/mol. The van der Waals surface area contributed by atoms with Crippen LogP contribution in [0.25, 0.3) is 0 Å². The lowest BCUT2D eigenvalue weighted by Crippen LogP contribution is -2.30. The number of hydrogen-bond donors (Lipinski definition) is 1. The quantitative estimate of drug-likeness (QED) is 0.847. The molecule has 0 aromatic carbocycles. The predicted molar refractivity (Wildman–Crippen MR) is 72.9 cm³/mol. The van der Waals surface area contributed by atoms with E-state index in [1.54, 1.807) is 0 Å². The first-order valence-corrected chi connectivity index (χ1v) is 6.75. The molecular weight excluding hydrogens is 242 g/mol. The minimum absolute atomic E-state index is 0.0666. The van der Waals surface area contributed by atoms with Crippen molar-refractivity contribution in [2.75, 3.05) is 12.4 Å². The van der Waals surface area contributed by atoms with E-state index in [0.29, 0.717) is 6.04 Å². The van der Waals surface area contributed by atoms with Crippen LogP contribution in [-0.4, -0.2) is 29.1 Å². The van der Waals surface area contributed by atoms with Gasteiger partial charge in [-0.05, 0) is 39.5 Å². The standard InChI is InChI=1S/C14H21N3O2/c1-9-8-13(16-10(2)15-9)17-12-6-4-11(5-7-12)14(18)19-3/h8,11-12H,4-7H2,1-3H3,(H,15,16,17). The van der Waals surface area contributed by atoms with Crippen LogP contribution in [0.1, 0.15) is 37.2 Å². The number of esters is 1. The minimum atomic E-state index is -0.0767. The smallest absolute Gasteiger partial charge is 0.308 e. The van der Waals surface area contributed by atoms with E-state index in [4.69, 9.17) is 4.74 Å². The van der Waals surface area contributed by atoms with E-state index in [0.717, 1.165) is 43.0 Å². The van der Waals surface area contributed by atoms with Gasteiger partial charge in [-0.2, -0.15) is 0 Å². The summed E-state index contributed by atoms with van der Waals surface area (Å²) in [6.07, 6.45) is 3.71. The van der Waals surface area contributed by atoms with Crippen molar-refractivity contribution in [2.24, 2.45) is 5.92 Å². The van der Waals surface area contributed by atoms with E-state index in [1.165, 1.54) is 7.11 Å². The van der Waals surface area contributed by atoms with Crippen molar-refractivity contribution >= 4 is 11.8 Å². The van der Waals surface area contributed by atoms with Gasteiger partial charge in [0.2, 0.25) is 0 Å². The Hall–Kier alpha value is -1.65. The Morgan fingerprint density at radius 1 is 1.26 bits per heavy atom. The molecule has 2 rings (SSSR count). The van der Waals surface area contributed by atoms with Crippen molar-refractivity contribution < 1.29 is 9.53 Å². The first-order valence-electron chi connectivity index (χ1n) is 6.75. The Kier molecular flexibility index (Phi) is 4.35. The highest BCUT2D eigenvalue weighted by Gasteiger charge is 2.26. The Morgan fingerprint density at radius 2 is 1.95 bits per heavy atom. The van der Waals surface area contributed by atoms with Crippen LogP contribution in [0.4, 0.5) is 5.82 Å². The molecule has 1 N–H and O–H groups in total. The SMILES string of the molecule is COC(=O)C1CCC(Nc2cc(C)nc(C)n2)CC1. The largest absolute Gasteiger partial charge is 0.469 e. The van der Waals surface area contributed by atoms with Crippen molar-refractivity contribution in [2.45, 2.75) is 45.6 Å². The lowest BCUT2D eigenvalue weighted by atomic mass is 9.86. The molecule has 1 saturated carbocycles. The predicted octanol–water partition coefficient (Wildman–Crippen LogP) is 2.24. The number of nitrogens with zero attached hydrogens (tertiary/aromatic N) is 2.